The van der Waals surface area contributed by atoms with Crippen molar-refractivity contribution in [3.8, 4) is 17.6 Å². The van der Waals surface area contributed by atoms with Crippen molar-refractivity contribution in [1.82, 2.24) is 0 Å². The van der Waals surface area contributed by atoms with Gasteiger partial charge in [-0.2, -0.15) is 0 Å². The molecule has 0 saturated carbocycles. The van der Waals surface area contributed by atoms with E-state index in [-0.39, 0.29) is 0 Å². The first-order valence-corrected chi connectivity index (χ1v) is 9.77. The molecule has 0 heterocycles. The molecule has 26 heavy (non-hydrogen) atoms. The molecule has 0 spiro atoms. The van der Waals surface area contributed by atoms with Crippen LogP contribution in [0.15, 0.2) is 60.7 Å². The lowest BCUT2D eigenvalue weighted by molar-refractivity contribution is 0.362. The highest BCUT2D eigenvalue weighted by molar-refractivity contribution is 5.44. The lowest BCUT2D eigenvalue weighted by Crippen LogP contribution is -1.92. The summed E-state index contributed by atoms with van der Waals surface area (Å²) >= 11 is 0. The van der Waals surface area contributed by atoms with Crippen molar-refractivity contribution in [3.63, 3.8) is 0 Å². The van der Waals surface area contributed by atoms with Gasteiger partial charge in [-0.15, -0.1) is 0 Å². The van der Waals surface area contributed by atoms with Gasteiger partial charge in [0.25, 0.3) is 0 Å². The van der Waals surface area contributed by atoms with Crippen LogP contribution in [0.25, 0.3) is 0 Å². The molecule has 0 fully saturated rings. The molecule has 0 bridgehead atoms. The molecule has 0 radical (unpaired) electrons. The van der Waals surface area contributed by atoms with Crippen molar-refractivity contribution in [2.45, 2.75) is 52.4 Å². The van der Waals surface area contributed by atoms with Crippen LogP contribution in [0.3, 0.4) is 0 Å². The molecular formula is C25H30O. The first-order valence-electron chi connectivity index (χ1n) is 9.77. The molecule has 0 atom stereocenters. The van der Waals surface area contributed by atoms with Gasteiger partial charge in [0.2, 0.25) is 0 Å². The van der Waals surface area contributed by atoms with E-state index in [1.807, 2.05) is 43.3 Å². The highest BCUT2D eigenvalue weighted by Crippen LogP contribution is 2.12. The fourth-order valence-electron chi connectivity index (χ4n) is 2.71. The van der Waals surface area contributed by atoms with Crippen LogP contribution in [0.2, 0.25) is 0 Å². The maximum atomic E-state index is 5.60. The molecule has 2 aromatic carbocycles. The van der Waals surface area contributed by atoms with E-state index in [0.717, 1.165) is 16.9 Å². The van der Waals surface area contributed by atoms with Gasteiger partial charge in [0, 0.05) is 11.1 Å². The third-order valence-electron chi connectivity index (χ3n) is 4.31. The monoisotopic (exact) mass is 346 g/mol. The minimum absolute atomic E-state index is 0.604. The zero-order chi connectivity index (χ0) is 18.5. The summed E-state index contributed by atoms with van der Waals surface area (Å²) in [5.74, 6) is 7.34. The Morgan fingerprint density at radius 1 is 0.808 bits per heavy atom. The molecule has 0 aliphatic heterocycles. The van der Waals surface area contributed by atoms with Crippen molar-refractivity contribution < 1.29 is 4.74 Å². The average Bonchev–Trinajstić information content (AvgIpc) is 2.68. The lowest BCUT2D eigenvalue weighted by Gasteiger charge is -2.02. The Hall–Kier alpha value is -2.46. The Morgan fingerprint density at radius 2 is 1.42 bits per heavy atom. The third kappa shape index (κ3) is 7.62. The van der Waals surface area contributed by atoms with Crippen LogP contribution in [0, 0.1) is 11.8 Å². The highest BCUT2D eigenvalue weighted by atomic mass is 16.5. The van der Waals surface area contributed by atoms with Crippen molar-refractivity contribution in [2.75, 3.05) is 6.61 Å². The first-order chi connectivity index (χ1) is 12.8. The zero-order valence-electron chi connectivity index (χ0n) is 16.1. The smallest absolute Gasteiger partial charge is 0.119 e. The maximum absolute atomic E-state index is 5.60. The molecule has 136 valence electrons. The summed E-state index contributed by atoms with van der Waals surface area (Å²) in [7, 11) is 0. The predicted octanol–water partition coefficient (Wildman–Crippen LogP) is 6.55. The van der Waals surface area contributed by atoms with E-state index in [1.54, 1.807) is 0 Å². The summed E-state index contributed by atoms with van der Waals surface area (Å²) < 4.78 is 5.60. The largest absolute Gasteiger partial charge is 0.490 e. The summed E-state index contributed by atoms with van der Waals surface area (Å²) in [5, 5.41) is 0. The molecular weight excluding hydrogens is 316 g/mol. The van der Waals surface area contributed by atoms with E-state index in [4.69, 9.17) is 4.74 Å². The number of ether oxygens (including phenoxy) is 1. The van der Waals surface area contributed by atoms with Crippen LogP contribution in [0.1, 0.15) is 62.6 Å². The van der Waals surface area contributed by atoms with E-state index < -0.39 is 0 Å². The van der Waals surface area contributed by atoms with Gasteiger partial charge < -0.3 is 4.74 Å². The van der Waals surface area contributed by atoms with E-state index >= 15 is 0 Å². The van der Waals surface area contributed by atoms with E-state index in [9.17, 15) is 0 Å². The second-order valence-electron chi connectivity index (χ2n) is 6.52. The second-order valence-corrected chi connectivity index (χ2v) is 6.52. The molecule has 1 nitrogen and oxygen atoms in total. The van der Waals surface area contributed by atoms with Crippen LogP contribution < -0.4 is 4.74 Å². The summed E-state index contributed by atoms with van der Waals surface area (Å²) in [6, 6.07) is 16.6. The SMILES string of the molecule is CC=CCOc1ccc(C#Cc2ccc(CCCCCCC)cc2)cc1. The number of unbranched alkanes of at least 4 members (excludes halogenated alkanes) is 4. The molecule has 0 aliphatic rings. The van der Waals surface area contributed by atoms with Crippen molar-refractivity contribution in [1.29, 1.82) is 0 Å². The normalized spacial score (nSPS) is 10.5. The number of rotatable bonds is 9. The molecule has 0 unspecified atom stereocenters. The summed E-state index contributed by atoms with van der Waals surface area (Å²) in [5.41, 5.74) is 3.48. The average molecular weight is 347 g/mol. The Labute approximate surface area is 159 Å². The van der Waals surface area contributed by atoms with Crippen molar-refractivity contribution in [2.24, 2.45) is 0 Å². The zero-order valence-corrected chi connectivity index (χ0v) is 16.1. The van der Waals surface area contributed by atoms with Gasteiger partial charge in [0.1, 0.15) is 12.4 Å². The van der Waals surface area contributed by atoms with Gasteiger partial charge in [-0.25, -0.2) is 0 Å². The van der Waals surface area contributed by atoms with Crippen LogP contribution in [0.5, 0.6) is 5.75 Å². The molecule has 2 rings (SSSR count). The Morgan fingerprint density at radius 3 is 2.04 bits per heavy atom. The standard InChI is InChI=1S/C25H30O/c1-3-5-7-8-9-10-22-11-13-23(14-12-22)15-16-24-17-19-25(20-18-24)26-21-6-4-2/h4,6,11-14,17-20H,3,5,7-10,21H2,1-2H3. The topological polar surface area (TPSA) is 9.23 Å². The van der Waals surface area contributed by atoms with E-state index in [2.05, 4.69) is 43.0 Å². The van der Waals surface area contributed by atoms with E-state index in [0.29, 0.717) is 6.61 Å². The first kappa shape index (κ1) is 19.9. The minimum atomic E-state index is 0.604. The number of benzene rings is 2. The quantitative estimate of drug-likeness (QED) is 0.284. The molecule has 2 aromatic rings. The number of hydrogen-bond acceptors (Lipinski definition) is 1. The number of allylic oxidation sites excluding steroid dienone is 1. The van der Waals surface area contributed by atoms with Crippen molar-refractivity contribution >= 4 is 0 Å². The molecule has 0 aliphatic carbocycles. The molecule has 0 N–H and O–H groups in total. The second kappa shape index (κ2) is 12.0. The Balaban J connectivity index is 1.83. The van der Waals surface area contributed by atoms with Crippen LogP contribution in [0.4, 0.5) is 0 Å². The molecule has 0 aromatic heterocycles. The van der Waals surface area contributed by atoms with E-state index in [1.165, 1.54) is 44.1 Å². The number of hydrogen-bond donors (Lipinski definition) is 0. The summed E-state index contributed by atoms with van der Waals surface area (Å²) in [4.78, 5) is 0. The molecule has 1 heteroatoms. The van der Waals surface area contributed by atoms with Gasteiger partial charge in [0.05, 0.1) is 0 Å². The van der Waals surface area contributed by atoms with Crippen LogP contribution in [-0.2, 0) is 6.42 Å². The lowest BCUT2D eigenvalue weighted by atomic mass is 10.0. The van der Waals surface area contributed by atoms with Gasteiger partial charge >= 0.3 is 0 Å². The predicted molar refractivity (Wildman–Crippen MR) is 112 cm³/mol. The Kier molecular flexibility index (Phi) is 9.15. The third-order valence-corrected chi connectivity index (χ3v) is 4.31. The summed E-state index contributed by atoms with van der Waals surface area (Å²) in [6.07, 6.45) is 11.8. The van der Waals surface area contributed by atoms with Crippen LogP contribution >= 0.6 is 0 Å². The summed E-state index contributed by atoms with van der Waals surface area (Å²) in [6.45, 7) is 4.85. The van der Waals surface area contributed by atoms with Gasteiger partial charge in [-0.05, 0) is 61.7 Å². The molecule has 0 saturated heterocycles. The van der Waals surface area contributed by atoms with Crippen molar-refractivity contribution in [3.05, 3.63) is 77.4 Å². The minimum Gasteiger partial charge on any atom is -0.490 e. The van der Waals surface area contributed by atoms with Crippen LogP contribution in [-0.4, -0.2) is 6.61 Å². The van der Waals surface area contributed by atoms with Gasteiger partial charge in [-0.3, -0.25) is 0 Å². The fourth-order valence-corrected chi connectivity index (χ4v) is 2.71. The Bertz CT molecular complexity index is 711. The highest BCUT2D eigenvalue weighted by Gasteiger charge is 1.95. The number of aryl methyl sites for hydroxylation is 1. The van der Waals surface area contributed by atoms with Gasteiger partial charge in [-0.1, -0.05) is 68.7 Å². The fraction of sp³-hybridized carbons (Fsp3) is 0.360. The molecule has 0 amide bonds. The van der Waals surface area contributed by atoms with Gasteiger partial charge in [0.15, 0.2) is 0 Å². The maximum Gasteiger partial charge on any atom is 0.119 e.